The highest BCUT2D eigenvalue weighted by Gasteiger charge is 2.21. The Hall–Kier alpha value is 0.170. The number of hydrogen-bond donors (Lipinski definition) is 1. The van der Waals surface area contributed by atoms with Gasteiger partial charge in [0.15, 0.2) is 0 Å². The molecular weight excluding hydrogens is 248 g/mol. The zero-order chi connectivity index (χ0) is 11.9. The first-order valence-electron chi connectivity index (χ1n) is 7.37. The summed E-state index contributed by atoms with van der Waals surface area (Å²) >= 11 is 0. The smallest absolute Gasteiger partial charge is 0.0588 e. The zero-order valence-electron chi connectivity index (χ0n) is 11.7. The molecular formula is C14H29ClN2O. The molecule has 1 N–H and O–H groups in total. The van der Waals surface area contributed by atoms with Crippen molar-refractivity contribution >= 4 is 12.4 Å². The molecule has 0 aliphatic carbocycles. The Balaban J connectivity index is 0.00000162. The molecule has 0 aromatic carbocycles. The van der Waals surface area contributed by atoms with Gasteiger partial charge in [-0.3, -0.25) is 0 Å². The van der Waals surface area contributed by atoms with Crippen molar-refractivity contribution < 1.29 is 4.74 Å². The molecule has 0 radical (unpaired) electrons. The van der Waals surface area contributed by atoms with Gasteiger partial charge in [0.25, 0.3) is 0 Å². The standard InChI is InChI=1S/C14H28N2O.ClH/c1-15-8-4-13-5-9-16(10-6-13)11-7-14-3-2-12-17-14;/h13-15H,2-12H2,1H3;1H. The van der Waals surface area contributed by atoms with Gasteiger partial charge in [0.05, 0.1) is 6.10 Å². The summed E-state index contributed by atoms with van der Waals surface area (Å²) in [5.41, 5.74) is 0. The van der Waals surface area contributed by atoms with E-state index in [4.69, 9.17) is 4.74 Å². The monoisotopic (exact) mass is 276 g/mol. The molecule has 1 atom stereocenters. The lowest BCUT2D eigenvalue weighted by Crippen LogP contribution is -2.36. The van der Waals surface area contributed by atoms with Crippen molar-refractivity contribution in [3.05, 3.63) is 0 Å². The van der Waals surface area contributed by atoms with Crippen LogP contribution in [0, 0.1) is 5.92 Å². The average Bonchev–Trinajstić information content (AvgIpc) is 2.88. The lowest BCUT2D eigenvalue weighted by molar-refractivity contribution is 0.0846. The first-order chi connectivity index (χ1) is 8.38. The van der Waals surface area contributed by atoms with Crippen LogP contribution in [-0.2, 0) is 4.74 Å². The molecule has 4 heteroatoms. The number of ether oxygens (including phenoxy) is 1. The number of rotatable bonds is 6. The molecule has 3 nitrogen and oxygen atoms in total. The van der Waals surface area contributed by atoms with Crippen LogP contribution in [0.3, 0.4) is 0 Å². The quantitative estimate of drug-likeness (QED) is 0.806. The van der Waals surface area contributed by atoms with Crippen molar-refractivity contribution in [2.75, 3.05) is 39.8 Å². The van der Waals surface area contributed by atoms with Crippen molar-refractivity contribution in [3.8, 4) is 0 Å². The molecule has 2 heterocycles. The lowest BCUT2D eigenvalue weighted by Gasteiger charge is -2.32. The summed E-state index contributed by atoms with van der Waals surface area (Å²) in [5.74, 6) is 0.960. The van der Waals surface area contributed by atoms with E-state index < -0.39 is 0 Å². The van der Waals surface area contributed by atoms with E-state index in [0.29, 0.717) is 6.10 Å². The zero-order valence-corrected chi connectivity index (χ0v) is 12.5. The Morgan fingerprint density at radius 3 is 2.56 bits per heavy atom. The second-order valence-corrected chi connectivity index (χ2v) is 5.60. The fourth-order valence-electron chi connectivity index (χ4n) is 3.05. The number of nitrogens with zero attached hydrogens (tertiary/aromatic N) is 1. The SMILES string of the molecule is CNCCC1CCN(CCC2CCCO2)CC1.Cl. The summed E-state index contributed by atoms with van der Waals surface area (Å²) < 4.78 is 5.68. The van der Waals surface area contributed by atoms with Gasteiger partial charge in [0, 0.05) is 13.2 Å². The first kappa shape index (κ1) is 16.2. The van der Waals surface area contributed by atoms with Crippen LogP contribution in [-0.4, -0.2) is 50.8 Å². The van der Waals surface area contributed by atoms with Gasteiger partial charge in [0.1, 0.15) is 0 Å². The highest BCUT2D eigenvalue weighted by Crippen LogP contribution is 2.21. The van der Waals surface area contributed by atoms with Gasteiger partial charge < -0.3 is 15.0 Å². The second-order valence-electron chi connectivity index (χ2n) is 5.60. The molecule has 18 heavy (non-hydrogen) atoms. The van der Waals surface area contributed by atoms with Crippen LogP contribution in [0.4, 0.5) is 0 Å². The van der Waals surface area contributed by atoms with Crippen LogP contribution in [0.25, 0.3) is 0 Å². The third-order valence-corrected chi connectivity index (χ3v) is 4.30. The Bertz CT molecular complexity index is 202. The van der Waals surface area contributed by atoms with Gasteiger partial charge in [-0.1, -0.05) is 0 Å². The van der Waals surface area contributed by atoms with Crippen LogP contribution in [0.5, 0.6) is 0 Å². The average molecular weight is 277 g/mol. The summed E-state index contributed by atoms with van der Waals surface area (Å²) in [6.07, 6.45) is 8.53. The third kappa shape index (κ3) is 5.43. The normalized spacial score (nSPS) is 26.2. The number of nitrogens with one attached hydrogen (secondary N) is 1. The van der Waals surface area contributed by atoms with Crippen molar-refractivity contribution in [1.29, 1.82) is 0 Å². The maximum Gasteiger partial charge on any atom is 0.0588 e. The molecule has 2 fully saturated rings. The highest BCUT2D eigenvalue weighted by molar-refractivity contribution is 5.85. The first-order valence-corrected chi connectivity index (χ1v) is 7.37. The predicted molar refractivity (Wildman–Crippen MR) is 78.5 cm³/mol. The summed E-state index contributed by atoms with van der Waals surface area (Å²) in [7, 11) is 2.05. The number of likely N-dealkylation sites (tertiary alicyclic amines) is 1. The Morgan fingerprint density at radius 1 is 1.17 bits per heavy atom. The Morgan fingerprint density at radius 2 is 1.94 bits per heavy atom. The molecule has 0 amide bonds. The molecule has 1 unspecified atom stereocenters. The fourth-order valence-corrected chi connectivity index (χ4v) is 3.05. The maximum absolute atomic E-state index is 5.68. The van der Waals surface area contributed by atoms with Crippen LogP contribution < -0.4 is 5.32 Å². The van der Waals surface area contributed by atoms with Crippen LogP contribution in [0.1, 0.15) is 38.5 Å². The van der Waals surface area contributed by atoms with Crippen molar-refractivity contribution in [1.82, 2.24) is 10.2 Å². The minimum atomic E-state index is 0. The minimum absolute atomic E-state index is 0. The van der Waals surface area contributed by atoms with E-state index in [2.05, 4.69) is 17.3 Å². The van der Waals surface area contributed by atoms with Gasteiger partial charge in [0.2, 0.25) is 0 Å². The molecule has 2 aliphatic rings. The number of piperidine rings is 1. The van der Waals surface area contributed by atoms with Crippen molar-refractivity contribution in [2.45, 2.75) is 44.6 Å². The lowest BCUT2D eigenvalue weighted by atomic mass is 9.93. The topological polar surface area (TPSA) is 24.5 Å². The van der Waals surface area contributed by atoms with Crippen molar-refractivity contribution in [3.63, 3.8) is 0 Å². The Kier molecular flexibility index (Phi) is 8.23. The minimum Gasteiger partial charge on any atom is -0.378 e. The molecule has 0 bridgehead atoms. The molecule has 108 valence electrons. The van der Waals surface area contributed by atoms with Crippen molar-refractivity contribution in [2.24, 2.45) is 5.92 Å². The molecule has 2 saturated heterocycles. The van der Waals surface area contributed by atoms with Crippen LogP contribution in [0.15, 0.2) is 0 Å². The van der Waals surface area contributed by atoms with E-state index in [0.717, 1.165) is 12.5 Å². The maximum atomic E-state index is 5.68. The van der Waals surface area contributed by atoms with E-state index >= 15 is 0 Å². The van der Waals surface area contributed by atoms with E-state index in [-0.39, 0.29) is 12.4 Å². The predicted octanol–water partition coefficient (Wildman–Crippen LogP) is 2.30. The molecule has 0 aromatic heterocycles. The van der Waals surface area contributed by atoms with Gasteiger partial charge >= 0.3 is 0 Å². The fraction of sp³-hybridized carbons (Fsp3) is 1.00. The summed E-state index contributed by atoms with van der Waals surface area (Å²) in [6.45, 7) is 6.04. The van der Waals surface area contributed by atoms with E-state index in [1.54, 1.807) is 0 Å². The summed E-state index contributed by atoms with van der Waals surface area (Å²) in [5, 5.41) is 3.26. The van der Waals surface area contributed by atoms with Gasteiger partial charge in [-0.15, -0.1) is 12.4 Å². The second kappa shape index (κ2) is 9.13. The van der Waals surface area contributed by atoms with E-state index in [9.17, 15) is 0 Å². The largest absolute Gasteiger partial charge is 0.378 e. The van der Waals surface area contributed by atoms with Crippen LogP contribution in [0.2, 0.25) is 0 Å². The highest BCUT2D eigenvalue weighted by atomic mass is 35.5. The summed E-state index contributed by atoms with van der Waals surface area (Å²) in [6, 6.07) is 0. The molecule has 2 aliphatic heterocycles. The number of halogens is 1. The number of hydrogen-bond acceptors (Lipinski definition) is 3. The van der Waals surface area contributed by atoms with Gasteiger partial charge in [-0.2, -0.15) is 0 Å². The summed E-state index contributed by atoms with van der Waals surface area (Å²) in [4.78, 5) is 2.64. The molecule has 0 saturated carbocycles. The van der Waals surface area contributed by atoms with Gasteiger partial charge in [-0.05, 0) is 71.1 Å². The molecule has 2 rings (SSSR count). The van der Waals surface area contributed by atoms with E-state index in [1.807, 2.05) is 0 Å². The van der Waals surface area contributed by atoms with Gasteiger partial charge in [-0.25, -0.2) is 0 Å². The third-order valence-electron chi connectivity index (χ3n) is 4.30. The molecule has 0 aromatic rings. The molecule has 0 spiro atoms. The van der Waals surface area contributed by atoms with E-state index in [1.165, 1.54) is 64.7 Å². The van der Waals surface area contributed by atoms with Crippen LogP contribution >= 0.6 is 12.4 Å². The Labute approximate surface area is 118 Å².